The van der Waals surface area contributed by atoms with Gasteiger partial charge in [0.1, 0.15) is 23.0 Å². The number of carbonyl (C=O) groups excluding carboxylic acids is 1. The molecule has 5 nitrogen and oxygen atoms in total. The van der Waals surface area contributed by atoms with Crippen molar-refractivity contribution in [1.82, 2.24) is 0 Å². The molecule has 1 aliphatic heterocycles. The van der Waals surface area contributed by atoms with E-state index in [4.69, 9.17) is 9.47 Å². The van der Waals surface area contributed by atoms with E-state index in [1.807, 2.05) is 66.7 Å². The molecule has 0 aliphatic carbocycles. The van der Waals surface area contributed by atoms with Gasteiger partial charge in [-0.3, -0.25) is 9.69 Å². The van der Waals surface area contributed by atoms with Gasteiger partial charge in [0, 0.05) is 21.7 Å². The normalized spacial score (nSPS) is 14.8. The van der Waals surface area contributed by atoms with Gasteiger partial charge in [-0.15, -0.1) is 0 Å². The van der Waals surface area contributed by atoms with Crippen LogP contribution < -0.4 is 14.4 Å². The maximum Gasteiger partial charge on any atom is 0.282 e. The molecule has 0 atom stereocenters. The molecule has 4 rings (SSSR count). The summed E-state index contributed by atoms with van der Waals surface area (Å²) in [5.41, 5.74) is 2.69. The Labute approximate surface area is 183 Å². The fraction of sp³-hybridized carbons (Fsp3) is 0.0833. The Hall–Kier alpha value is -3.38. The molecule has 0 fully saturated rings. The zero-order valence-electron chi connectivity index (χ0n) is 16.5. The fourth-order valence-corrected chi connectivity index (χ4v) is 3.48. The molecule has 0 radical (unpaired) electrons. The van der Waals surface area contributed by atoms with E-state index in [2.05, 4.69) is 20.9 Å². The third-order valence-corrected chi connectivity index (χ3v) is 5.24. The molecule has 1 amide bonds. The molecule has 1 aliphatic rings. The van der Waals surface area contributed by atoms with Crippen LogP contribution in [0.4, 0.5) is 5.69 Å². The molecule has 6 heteroatoms. The smallest absolute Gasteiger partial charge is 0.282 e. The lowest BCUT2D eigenvalue weighted by molar-refractivity contribution is -0.113. The first kappa shape index (κ1) is 19.9. The summed E-state index contributed by atoms with van der Waals surface area (Å²) < 4.78 is 11.7. The number of aliphatic imine (C=N–C) groups is 1. The van der Waals surface area contributed by atoms with Crippen LogP contribution in [0.1, 0.15) is 11.1 Å². The van der Waals surface area contributed by atoms with Crippen LogP contribution in [0, 0.1) is 0 Å². The second-order valence-electron chi connectivity index (χ2n) is 6.56. The molecular weight excluding hydrogens is 444 g/mol. The van der Waals surface area contributed by atoms with Crippen molar-refractivity contribution in [3.05, 3.63) is 94.1 Å². The number of rotatable bonds is 5. The van der Waals surface area contributed by atoms with Crippen molar-refractivity contribution >= 4 is 39.4 Å². The van der Waals surface area contributed by atoms with Crippen molar-refractivity contribution in [3.8, 4) is 11.5 Å². The van der Waals surface area contributed by atoms with Crippen LogP contribution in [0.15, 0.2) is 88.0 Å². The summed E-state index contributed by atoms with van der Waals surface area (Å²) in [5.74, 6) is 1.67. The van der Waals surface area contributed by atoms with Gasteiger partial charge in [0.15, 0.2) is 0 Å². The van der Waals surface area contributed by atoms with Gasteiger partial charge >= 0.3 is 0 Å². The first-order valence-electron chi connectivity index (χ1n) is 9.28. The zero-order chi connectivity index (χ0) is 21.1. The highest BCUT2D eigenvalue weighted by molar-refractivity contribution is 9.10. The summed E-state index contributed by atoms with van der Waals surface area (Å²) in [4.78, 5) is 19.7. The summed E-state index contributed by atoms with van der Waals surface area (Å²) in [6, 6.07) is 22.7. The van der Waals surface area contributed by atoms with E-state index in [1.54, 1.807) is 31.3 Å². The standard InChI is InChI=1S/C24H19BrN2O3/c1-29-20-13-8-17(22(15-20)30-2)14-21-24(28)27(19-11-9-18(25)10-12-19)23(26-21)16-6-4-3-5-7-16/h3-15H,1-2H3/b21-14+. The summed E-state index contributed by atoms with van der Waals surface area (Å²) in [6.45, 7) is 0. The first-order valence-corrected chi connectivity index (χ1v) is 10.1. The van der Waals surface area contributed by atoms with E-state index in [0.29, 0.717) is 23.0 Å². The Bertz CT molecular complexity index is 1140. The van der Waals surface area contributed by atoms with Crippen LogP contribution in [0.25, 0.3) is 6.08 Å². The van der Waals surface area contributed by atoms with Gasteiger partial charge in [-0.05, 0) is 42.5 Å². The third-order valence-electron chi connectivity index (χ3n) is 4.71. The summed E-state index contributed by atoms with van der Waals surface area (Å²) in [5, 5.41) is 0. The molecule has 0 saturated carbocycles. The van der Waals surface area contributed by atoms with Gasteiger partial charge in [-0.1, -0.05) is 46.3 Å². The number of halogens is 1. The monoisotopic (exact) mass is 462 g/mol. The van der Waals surface area contributed by atoms with E-state index in [0.717, 1.165) is 21.3 Å². The topological polar surface area (TPSA) is 51.1 Å². The number of nitrogens with zero attached hydrogens (tertiary/aromatic N) is 2. The van der Waals surface area contributed by atoms with E-state index < -0.39 is 0 Å². The van der Waals surface area contributed by atoms with Crippen LogP contribution in [-0.4, -0.2) is 26.0 Å². The highest BCUT2D eigenvalue weighted by atomic mass is 79.9. The third kappa shape index (κ3) is 3.86. The molecule has 0 saturated heterocycles. The van der Waals surface area contributed by atoms with Gasteiger partial charge in [-0.2, -0.15) is 0 Å². The van der Waals surface area contributed by atoms with Crippen LogP contribution in [-0.2, 0) is 4.79 Å². The van der Waals surface area contributed by atoms with Gasteiger partial charge in [0.25, 0.3) is 5.91 Å². The van der Waals surface area contributed by atoms with Gasteiger partial charge in [0.05, 0.1) is 19.9 Å². The highest BCUT2D eigenvalue weighted by Gasteiger charge is 2.32. The molecule has 0 N–H and O–H groups in total. The number of hydrogen-bond donors (Lipinski definition) is 0. The second-order valence-corrected chi connectivity index (χ2v) is 7.47. The molecule has 1 heterocycles. The summed E-state index contributed by atoms with van der Waals surface area (Å²) >= 11 is 3.44. The van der Waals surface area contributed by atoms with Crippen molar-refractivity contribution in [1.29, 1.82) is 0 Å². The number of amides is 1. The number of anilines is 1. The predicted molar refractivity (Wildman–Crippen MR) is 122 cm³/mol. The Balaban J connectivity index is 1.82. The minimum Gasteiger partial charge on any atom is -0.497 e. The number of ether oxygens (including phenoxy) is 2. The first-order chi connectivity index (χ1) is 14.6. The molecule has 3 aromatic rings. The van der Waals surface area contributed by atoms with Crippen LogP contribution in [0.3, 0.4) is 0 Å². The number of benzene rings is 3. The van der Waals surface area contributed by atoms with Gasteiger partial charge < -0.3 is 9.47 Å². The van der Waals surface area contributed by atoms with Crippen LogP contribution in [0.2, 0.25) is 0 Å². The highest BCUT2D eigenvalue weighted by Crippen LogP contribution is 2.31. The van der Waals surface area contributed by atoms with Crippen molar-refractivity contribution in [2.24, 2.45) is 4.99 Å². The lowest BCUT2D eigenvalue weighted by Gasteiger charge is -2.18. The molecule has 3 aromatic carbocycles. The average Bonchev–Trinajstić information content (AvgIpc) is 3.11. The molecule has 0 bridgehead atoms. The minimum atomic E-state index is -0.200. The quantitative estimate of drug-likeness (QED) is 0.483. The van der Waals surface area contributed by atoms with Gasteiger partial charge in [0.2, 0.25) is 0 Å². The predicted octanol–water partition coefficient (Wildman–Crippen LogP) is 5.30. The summed E-state index contributed by atoms with van der Waals surface area (Å²) in [7, 11) is 3.18. The number of hydrogen-bond acceptors (Lipinski definition) is 4. The van der Waals surface area contributed by atoms with E-state index in [1.165, 1.54) is 0 Å². The van der Waals surface area contributed by atoms with Crippen LogP contribution in [0.5, 0.6) is 11.5 Å². The molecule has 30 heavy (non-hydrogen) atoms. The summed E-state index contributed by atoms with van der Waals surface area (Å²) in [6.07, 6.45) is 1.74. The van der Waals surface area contributed by atoms with Crippen molar-refractivity contribution in [2.75, 3.05) is 19.1 Å². The van der Waals surface area contributed by atoms with Crippen LogP contribution >= 0.6 is 15.9 Å². The van der Waals surface area contributed by atoms with E-state index in [9.17, 15) is 4.79 Å². The number of amidine groups is 1. The maximum atomic E-state index is 13.4. The van der Waals surface area contributed by atoms with Crippen molar-refractivity contribution < 1.29 is 14.3 Å². The number of methoxy groups -OCH3 is 2. The maximum absolute atomic E-state index is 13.4. The lowest BCUT2D eigenvalue weighted by Crippen LogP contribution is -2.32. The van der Waals surface area contributed by atoms with E-state index >= 15 is 0 Å². The van der Waals surface area contributed by atoms with Crippen molar-refractivity contribution in [2.45, 2.75) is 0 Å². The molecule has 0 aromatic heterocycles. The molecule has 150 valence electrons. The Morgan fingerprint density at radius 3 is 2.33 bits per heavy atom. The SMILES string of the molecule is COc1ccc(/C=C2/N=C(c3ccccc3)N(c3ccc(Br)cc3)C2=O)c(OC)c1. The fourth-order valence-electron chi connectivity index (χ4n) is 3.21. The Kier molecular flexibility index (Phi) is 5.68. The molecule has 0 spiro atoms. The number of carbonyl (C=O) groups is 1. The largest absolute Gasteiger partial charge is 0.497 e. The zero-order valence-corrected chi connectivity index (χ0v) is 18.1. The minimum absolute atomic E-state index is 0.200. The van der Waals surface area contributed by atoms with Crippen molar-refractivity contribution in [3.63, 3.8) is 0 Å². The Morgan fingerprint density at radius 2 is 1.67 bits per heavy atom. The second kappa shape index (κ2) is 8.55. The van der Waals surface area contributed by atoms with Gasteiger partial charge in [-0.25, -0.2) is 4.99 Å². The lowest BCUT2D eigenvalue weighted by atomic mass is 10.1. The van der Waals surface area contributed by atoms with E-state index in [-0.39, 0.29) is 5.91 Å². The Morgan fingerprint density at radius 1 is 0.933 bits per heavy atom. The molecular formula is C24H19BrN2O3. The molecule has 0 unspecified atom stereocenters. The average molecular weight is 463 g/mol.